The van der Waals surface area contributed by atoms with E-state index in [1.165, 1.54) is 16.1 Å². The zero-order chi connectivity index (χ0) is 14.5. The molecule has 2 aromatic rings. The molecule has 0 bridgehead atoms. The lowest BCUT2D eigenvalue weighted by atomic mass is 10.2. The van der Waals surface area contributed by atoms with Crippen molar-refractivity contribution < 1.29 is 0 Å². The zero-order valence-electron chi connectivity index (χ0n) is 12.4. The van der Waals surface area contributed by atoms with Gasteiger partial charge in [0.25, 0.3) is 0 Å². The molecule has 0 saturated heterocycles. The summed E-state index contributed by atoms with van der Waals surface area (Å²) in [6.45, 7) is 9.18. The van der Waals surface area contributed by atoms with Crippen molar-refractivity contribution in [2.75, 3.05) is 0 Å². The number of halogens is 1. The van der Waals surface area contributed by atoms with Crippen molar-refractivity contribution in [2.24, 2.45) is 0 Å². The summed E-state index contributed by atoms with van der Waals surface area (Å²) in [5.74, 6) is 0. The van der Waals surface area contributed by atoms with Crippen LogP contribution in [0.2, 0.25) is 0 Å². The van der Waals surface area contributed by atoms with Crippen molar-refractivity contribution in [3.63, 3.8) is 0 Å². The Kier molecular flexibility index (Phi) is 5.81. The van der Waals surface area contributed by atoms with Crippen LogP contribution in [0.5, 0.6) is 0 Å². The maximum absolute atomic E-state index is 4.63. The van der Waals surface area contributed by atoms with Crippen LogP contribution in [0.15, 0.2) is 15.9 Å². The second-order valence-electron chi connectivity index (χ2n) is 4.70. The van der Waals surface area contributed by atoms with Gasteiger partial charge in [-0.05, 0) is 52.7 Å². The summed E-state index contributed by atoms with van der Waals surface area (Å²) < 4.78 is 3.25. The van der Waals surface area contributed by atoms with E-state index in [2.05, 4.69) is 63.2 Å². The van der Waals surface area contributed by atoms with Crippen LogP contribution in [-0.4, -0.2) is 9.78 Å². The van der Waals surface area contributed by atoms with E-state index in [1.54, 1.807) is 0 Å². The van der Waals surface area contributed by atoms with Crippen LogP contribution < -0.4 is 5.32 Å². The van der Waals surface area contributed by atoms with E-state index in [9.17, 15) is 0 Å². The first kappa shape index (κ1) is 15.7. The van der Waals surface area contributed by atoms with Gasteiger partial charge < -0.3 is 5.32 Å². The lowest BCUT2D eigenvalue weighted by Crippen LogP contribution is -2.16. The van der Waals surface area contributed by atoms with Gasteiger partial charge in [-0.3, -0.25) is 4.68 Å². The summed E-state index contributed by atoms with van der Waals surface area (Å²) >= 11 is 5.53. The first-order chi connectivity index (χ1) is 9.71. The first-order valence-electron chi connectivity index (χ1n) is 7.21. The molecule has 0 spiro atoms. The van der Waals surface area contributed by atoms with E-state index in [0.717, 1.165) is 42.6 Å². The molecule has 0 atom stereocenters. The summed E-state index contributed by atoms with van der Waals surface area (Å²) in [5, 5.41) is 10.4. The fraction of sp³-hybridized carbons (Fsp3) is 0.533. The minimum atomic E-state index is 0.850. The average Bonchev–Trinajstić information content (AvgIpc) is 3.04. The molecule has 2 rings (SSSR count). The number of aryl methyl sites for hydroxylation is 3. The maximum atomic E-state index is 4.63. The van der Waals surface area contributed by atoms with Crippen molar-refractivity contribution in [3.8, 4) is 0 Å². The van der Waals surface area contributed by atoms with Crippen molar-refractivity contribution in [1.82, 2.24) is 15.1 Å². The van der Waals surface area contributed by atoms with Crippen LogP contribution in [0.4, 0.5) is 0 Å². The van der Waals surface area contributed by atoms with Crippen LogP contribution in [0.25, 0.3) is 0 Å². The van der Waals surface area contributed by atoms with Crippen LogP contribution >= 0.6 is 27.3 Å². The molecule has 0 saturated carbocycles. The van der Waals surface area contributed by atoms with Gasteiger partial charge >= 0.3 is 0 Å². The number of hydrogen-bond acceptors (Lipinski definition) is 3. The molecule has 110 valence electrons. The Morgan fingerprint density at radius 3 is 2.70 bits per heavy atom. The highest BCUT2D eigenvalue weighted by Gasteiger charge is 2.13. The fourth-order valence-corrected chi connectivity index (χ4v) is 3.97. The van der Waals surface area contributed by atoms with Gasteiger partial charge in [0.15, 0.2) is 0 Å². The van der Waals surface area contributed by atoms with Gasteiger partial charge in [-0.2, -0.15) is 5.10 Å². The van der Waals surface area contributed by atoms with Gasteiger partial charge in [0.05, 0.1) is 15.9 Å². The highest BCUT2D eigenvalue weighted by molar-refractivity contribution is 9.10. The molecule has 1 N–H and O–H groups in total. The molecule has 20 heavy (non-hydrogen) atoms. The highest BCUT2D eigenvalue weighted by Crippen LogP contribution is 2.23. The van der Waals surface area contributed by atoms with Crippen LogP contribution in [-0.2, 0) is 32.5 Å². The van der Waals surface area contributed by atoms with E-state index in [-0.39, 0.29) is 0 Å². The Hall–Kier alpha value is -0.650. The van der Waals surface area contributed by atoms with Gasteiger partial charge in [-0.25, -0.2) is 0 Å². The Balaban J connectivity index is 2.02. The van der Waals surface area contributed by atoms with Gasteiger partial charge in [0.1, 0.15) is 0 Å². The predicted octanol–water partition coefficient (Wildman–Crippen LogP) is 4.14. The maximum Gasteiger partial charge on any atom is 0.0767 e. The predicted molar refractivity (Wildman–Crippen MR) is 89.2 cm³/mol. The van der Waals surface area contributed by atoms with Gasteiger partial charge in [-0.15, -0.1) is 11.3 Å². The number of rotatable bonds is 7. The third-order valence-electron chi connectivity index (χ3n) is 3.49. The summed E-state index contributed by atoms with van der Waals surface area (Å²) in [4.78, 5) is 1.45. The molecule has 0 aliphatic heterocycles. The number of nitrogens with zero attached hydrogens (tertiary/aromatic N) is 2. The van der Waals surface area contributed by atoms with E-state index in [4.69, 9.17) is 0 Å². The van der Waals surface area contributed by atoms with E-state index in [0.29, 0.717) is 0 Å². The summed E-state index contributed by atoms with van der Waals surface area (Å²) in [5.41, 5.74) is 3.85. The van der Waals surface area contributed by atoms with Gasteiger partial charge in [-0.1, -0.05) is 13.8 Å². The second kappa shape index (κ2) is 7.38. The highest BCUT2D eigenvalue weighted by atomic mass is 79.9. The fourth-order valence-electron chi connectivity index (χ4n) is 2.32. The number of aromatic nitrogens is 2. The largest absolute Gasteiger partial charge is 0.306 e. The molecule has 0 unspecified atom stereocenters. The van der Waals surface area contributed by atoms with Gasteiger partial charge in [0, 0.05) is 24.5 Å². The minimum Gasteiger partial charge on any atom is -0.306 e. The smallest absolute Gasteiger partial charge is 0.0767 e. The average molecular weight is 356 g/mol. The lowest BCUT2D eigenvalue weighted by molar-refractivity contribution is 0.577. The van der Waals surface area contributed by atoms with E-state index >= 15 is 0 Å². The molecular formula is C15H22BrN3S. The van der Waals surface area contributed by atoms with Crippen LogP contribution in [0.3, 0.4) is 0 Å². The third-order valence-corrected chi connectivity index (χ3v) is 5.37. The monoisotopic (exact) mass is 355 g/mol. The SMILES string of the molecule is CCc1ccsc1CNCc1c(Br)c(CC)nn1CC. The van der Waals surface area contributed by atoms with Crippen LogP contribution in [0, 0.1) is 0 Å². The molecular weight excluding hydrogens is 334 g/mol. The number of thiophene rings is 1. The molecule has 5 heteroatoms. The minimum absolute atomic E-state index is 0.850. The Labute approximate surface area is 133 Å². The molecule has 0 fully saturated rings. The van der Waals surface area contributed by atoms with Crippen molar-refractivity contribution in [2.45, 2.75) is 53.2 Å². The molecule has 0 amide bonds. The summed E-state index contributed by atoms with van der Waals surface area (Å²) in [6.07, 6.45) is 2.07. The van der Waals surface area contributed by atoms with Crippen LogP contribution in [0.1, 0.15) is 42.6 Å². The van der Waals surface area contributed by atoms with Crippen molar-refractivity contribution in [3.05, 3.63) is 37.7 Å². The second-order valence-corrected chi connectivity index (χ2v) is 6.50. The lowest BCUT2D eigenvalue weighted by Gasteiger charge is -2.08. The zero-order valence-corrected chi connectivity index (χ0v) is 14.8. The molecule has 2 aromatic heterocycles. The van der Waals surface area contributed by atoms with E-state index < -0.39 is 0 Å². The molecule has 0 radical (unpaired) electrons. The third kappa shape index (κ3) is 3.32. The Bertz CT molecular complexity index is 559. The molecule has 2 heterocycles. The summed E-state index contributed by atoms with van der Waals surface area (Å²) in [7, 11) is 0. The Morgan fingerprint density at radius 1 is 1.25 bits per heavy atom. The summed E-state index contributed by atoms with van der Waals surface area (Å²) in [6, 6.07) is 2.23. The first-order valence-corrected chi connectivity index (χ1v) is 8.88. The van der Waals surface area contributed by atoms with Crippen molar-refractivity contribution >= 4 is 27.3 Å². The number of hydrogen-bond donors (Lipinski definition) is 1. The Morgan fingerprint density at radius 2 is 2.05 bits per heavy atom. The number of nitrogens with one attached hydrogen (secondary N) is 1. The van der Waals surface area contributed by atoms with Crippen molar-refractivity contribution in [1.29, 1.82) is 0 Å². The normalized spacial score (nSPS) is 11.2. The molecule has 0 aliphatic carbocycles. The standard InChI is InChI=1S/C15H22BrN3S/c1-4-11-7-8-20-14(11)10-17-9-13-15(16)12(5-2)18-19(13)6-3/h7-8,17H,4-6,9-10H2,1-3H3. The molecule has 3 nitrogen and oxygen atoms in total. The molecule has 0 aliphatic rings. The van der Waals surface area contributed by atoms with Gasteiger partial charge in [0.2, 0.25) is 0 Å². The topological polar surface area (TPSA) is 29.9 Å². The quantitative estimate of drug-likeness (QED) is 0.808. The molecule has 0 aromatic carbocycles. The van der Waals surface area contributed by atoms with E-state index in [1.807, 2.05) is 11.3 Å².